The highest BCUT2D eigenvalue weighted by Crippen LogP contribution is 2.21. The number of fused-ring (bicyclic) bond motifs is 1. The van der Waals surface area contributed by atoms with Gasteiger partial charge in [-0.1, -0.05) is 0 Å². The summed E-state index contributed by atoms with van der Waals surface area (Å²) in [6.07, 6.45) is 3.94. The van der Waals surface area contributed by atoms with E-state index in [1.165, 1.54) is 22.8 Å². The van der Waals surface area contributed by atoms with E-state index < -0.39 is 10.0 Å². The molecule has 1 saturated heterocycles. The molecule has 0 atom stereocenters. The van der Waals surface area contributed by atoms with Crippen LogP contribution in [0.1, 0.15) is 21.6 Å². The zero-order valence-electron chi connectivity index (χ0n) is 14.7. The number of aromatic nitrogens is 2. The van der Waals surface area contributed by atoms with Crippen molar-refractivity contribution < 1.29 is 17.9 Å². The van der Waals surface area contributed by atoms with Gasteiger partial charge in [-0.25, -0.2) is 18.4 Å². The van der Waals surface area contributed by atoms with Gasteiger partial charge in [0.2, 0.25) is 10.0 Å². The summed E-state index contributed by atoms with van der Waals surface area (Å²) in [5.74, 6) is -0.125. The number of amides is 1. The van der Waals surface area contributed by atoms with Gasteiger partial charge in [0, 0.05) is 49.9 Å². The Balaban J connectivity index is 1.50. The van der Waals surface area contributed by atoms with Crippen LogP contribution in [0.15, 0.2) is 41.7 Å². The van der Waals surface area contributed by atoms with Gasteiger partial charge in [0.25, 0.3) is 5.91 Å². The first kappa shape index (κ1) is 18.0. The summed E-state index contributed by atoms with van der Waals surface area (Å²) < 4.78 is 32.0. The molecule has 0 N–H and O–H groups in total. The van der Waals surface area contributed by atoms with Crippen LogP contribution < -0.4 is 0 Å². The van der Waals surface area contributed by atoms with Gasteiger partial charge in [0.1, 0.15) is 6.33 Å². The van der Waals surface area contributed by atoms with Crippen molar-refractivity contribution in [3.05, 3.63) is 53.6 Å². The fraction of sp³-hybridized carbons (Fsp3) is 0.389. The first-order valence-electron chi connectivity index (χ1n) is 8.81. The Bertz CT molecular complexity index is 940. The molecule has 2 aromatic rings. The van der Waals surface area contributed by atoms with Crippen molar-refractivity contribution in [1.82, 2.24) is 19.2 Å². The number of sulfonamides is 1. The van der Waals surface area contributed by atoms with E-state index in [0.717, 1.165) is 11.3 Å². The number of nitrogens with zero attached hydrogens (tertiary/aromatic N) is 4. The summed E-state index contributed by atoms with van der Waals surface area (Å²) in [6.45, 7) is 2.53. The normalized spacial score (nSPS) is 18.1. The summed E-state index contributed by atoms with van der Waals surface area (Å²) >= 11 is 0. The van der Waals surface area contributed by atoms with Gasteiger partial charge in [-0.15, -0.1) is 0 Å². The maximum Gasteiger partial charge on any atom is 0.254 e. The molecule has 2 aliphatic heterocycles. The fourth-order valence-corrected chi connectivity index (χ4v) is 4.74. The highest BCUT2D eigenvalue weighted by atomic mass is 32.2. The maximum atomic E-state index is 12.8. The Hall–Kier alpha value is -2.36. The second-order valence-electron chi connectivity index (χ2n) is 6.51. The van der Waals surface area contributed by atoms with Gasteiger partial charge < -0.3 is 9.64 Å². The number of hydrogen-bond acceptors (Lipinski definition) is 6. The molecule has 1 amide bonds. The van der Waals surface area contributed by atoms with Gasteiger partial charge in [-0.2, -0.15) is 4.31 Å². The SMILES string of the molecule is O=C(c1ccc(S(=O)(=O)N2CCOCC2)cc1)N1CCc2ncncc2C1. The molecule has 0 unspecified atom stereocenters. The first-order valence-corrected chi connectivity index (χ1v) is 10.2. The van der Waals surface area contributed by atoms with Crippen molar-refractivity contribution >= 4 is 15.9 Å². The number of benzene rings is 1. The van der Waals surface area contributed by atoms with Gasteiger partial charge in [0.15, 0.2) is 0 Å². The van der Waals surface area contributed by atoms with Crippen LogP contribution in [-0.4, -0.2) is 66.3 Å². The van der Waals surface area contributed by atoms with Crippen LogP contribution in [0.5, 0.6) is 0 Å². The predicted octanol–water partition coefficient (Wildman–Crippen LogP) is 0.696. The molecule has 0 spiro atoms. The topological polar surface area (TPSA) is 92.7 Å². The number of carbonyl (C=O) groups is 1. The number of carbonyl (C=O) groups excluding carboxylic acids is 1. The van der Waals surface area contributed by atoms with Crippen LogP contribution in [0, 0.1) is 0 Å². The van der Waals surface area contributed by atoms with Gasteiger partial charge in [-0.3, -0.25) is 4.79 Å². The van der Waals surface area contributed by atoms with Crippen molar-refractivity contribution in [2.75, 3.05) is 32.8 Å². The number of morpholine rings is 1. The average molecular weight is 388 g/mol. The molecule has 1 fully saturated rings. The Labute approximate surface area is 157 Å². The van der Waals surface area contributed by atoms with Gasteiger partial charge in [0.05, 0.1) is 23.8 Å². The molecule has 0 aliphatic carbocycles. The minimum absolute atomic E-state index is 0.125. The van der Waals surface area contributed by atoms with Crippen LogP contribution in [-0.2, 0) is 27.7 Å². The smallest absolute Gasteiger partial charge is 0.254 e. The van der Waals surface area contributed by atoms with Gasteiger partial charge in [-0.05, 0) is 24.3 Å². The molecule has 142 valence electrons. The lowest BCUT2D eigenvalue weighted by atomic mass is 10.1. The van der Waals surface area contributed by atoms with Crippen molar-refractivity contribution in [2.45, 2.75) is 17.9 Å². The summed E-state index contributed by atoms with van der Waals surface area (Å²) in [6, 6.07) is 6.15. The number of rotatable bonds is 3. The molecule has 1 aromatic heterocycles. The quantitative estimate of drug-likeness (QED) is 0.768. The molecule has 0 bridgehead atoms. The Kier molecular flexibility index (Phi) is 4.90. The van der Waals surface area contributed by atoms with Gasteiger partial charge >= 0.3 is 0 Å². The van der Waals surface area contributed by atoms with E-state index >= 15 is 0 Å². The Morgan fingerprint density at radius 1 is 1.07 bits per heavy atom. The van der Waals surface area contributed by atoms with E-state index in [2.05, 4.69) is 9.97 Å². The largest absolute Gasteiger partial charge is 0.379 e. The molecule has 4 rings (SSSR count). The third-order valence-corrected chi connectivity index (χ3v) is 6.77. The van der Waals surface area contributed by atoms with Crippen LogP contribution in [0.25, 0.3) is 0 Å². The zero-order valence-corrected chi connectivity index (χ0v) is 15.6. The van der Waals surface area contributed by atoms with Crippen LogP contribution in [0.2, 0.25) is 0 Å². The lowest BCUT2D eigenvalue weighted by Gasteiger charge is -2.28. The summed E-state index contributed by atoms with van der Waals surface area (Å²) in [5.41, 5.74) is 2.39. The molecule has 2 aliphatic rings. The molecule has 0 radical (unpaired) electrons. The van der Waals surface area contributed by atoms with E-state index in [0.29, 0.717) is 51.4 Å². The predicted molar refractivity (Wildman–Crippen MR) is 96.5 cm³/mol. The fourth-order valence-electron chi connectivity index (χ4n) is 3.33. The molecule has 1 aromatic carbocycles. The second-order valence-corrected chi connectivity index (χ2v) is 8.45. The van der Waals surface area contributed by atoms with E-state index in [-0.39, 0.29) is 10.8 Å². The van der Waals surface area contributed by atoms with Crippen LogP contribution in [0.4, 0.5) is 0 Å². The summed E-state index contributed by atoms with van der Waals surface area (Å²) in [5, 5.41) is 0. The molecule has 8 nitrogen and oxygen atoms in total. The molecular weight excluding hydrogens is 368 g/mol. The minimum Gasteiger partial charge on any atom is -0.379 e. The molecule has 27 heavy (non-hydrogen) atoms. The zero-order chi connectivity index (χ0) is 18.9. The molecule has 3 heterocycles. The van der Waals surface area contributed by atoms with E-state index in [4.69, 9.17) is 4.74 Å². The lowest BCUT2D eigenvalue weighted by Crippen LogP contribution is -2.40. The summed E-state index contributed by atoms with van der Waals surface area (Å²) in [4.78, 5) is 23.0. The minimum atomic E-state index is -3.56. The standard InChI is InChI=1S/C18H20N4O4S/c23-18(21-6-5-17-15(12-21)11-19-13-20-17)14-1-3-16(4-2-14)27(24,25)22-7-9-26-10-8-22/h1-4,11,13H,5-10,12H2. The molecule has 0 saturated carbocycles. The highest BCUT2D eigenvalue weighted by molar-refractivity contribution is 7.89. The van der Waals surface area contributed by atoms with E-state index in [9.17, 15) is 13.2 Å². The molecular formula is C18H20N4O4S. The maximum absolute atomic E-state index is 12.8. The Morgan fingerprint density at radius 2 is 1.81 bits per heavy atom. The Morgan fingerprint density at radius 3 is 2.56 bits per heavy atom. The van der Waals surface area contributed by atoms with Crippen molar-refractivity contribution in [1.29, 1.82) is 0 Å². The number of hydrogen-bond donors (Lipinski definition) is 0. The molecule has 9 heteroatoms. The highest BCUT2D eigenvalue weighted by Gasteiger charge is 2.27. The van der Waals surface area contributed by atoms with E-state index in [1.807, 2.05) is 0 Å². The lowest BCUT2D eigenvalue weighted by molar-refractivity contribution is 0.0730. The second kappa shape index (κ2) is 7.34. The first-order chi connectivity index (χ1) is 13.1. The third-order valence-electron chi connectivity index (χ3n) is 4.86. The number of ether oxygens (including phenoxy) is 1. The monoisotopic (exact) mass is 388 g/mol. The van der Waals surface area contributed by atoms with Crippen LogP contribution in [0.3, 0.4) is 0 Å². The van der Waals surface area contributed by atoms with E-state index in [1.54, 1.807) is 23.2 Å². The summed E-state index contributed by atoms with van der Waals surface area (Å²) in [7, 11) is -3.56. The third kappa shape index (κ3) is 3.58. The van der Waals surface area contributed by atoms with Crippen LogP contribution >= 0.6 is 0 Å². The van der Waals surface area contributed by atoms with Crippen molar-refractivity contribution in [3.8, 4) is 0 Å². The van der Waals surface area contributed by atoms with Crippen molar-refractivity contribution in [3.63, 3.8) is 0 Å². The average Bonchev–Trinajstić information content (AvgIpc) is 2.73. The van der Waals surface area contributed by atoms with Crippen molar-refractivity contribution in [2.24, 2.45) is 0 Å².